The number of phenolic OH excluding ortho intramolecular Hbond substituents is 1. The van der Waals surface area contributed by atoms with Crippen LogP contribution in [0.4, 0.5) is 5.82 Å². The summed E-state index contributed by atoms with van der Waals surface area (Å²) in [6.45, 7) is 5.48. The molecule has 1 atom stereocenters. The number of aryl methyl sites for hydroxylation is 1. The number of carbonyl (C=O) groups is 1. The maximum absolute atomic E-state index is 13.9. The standard InChI is InChI=1S/C30H37N5O4/c1-19-6-4-7-20-12-22(37)13-23(26(19)20)28(38)35-15-24-25(16-35)31-29(39-18-30(9-10-30)17-33(2)3)32-27(24)34-11-5-8-21(36)14-34/h4,6-7,12-13,21,36-37H,5,8-11,14-18H2,1-3H3. The average molecular weight is 532 g/mol. The summed E-state index contributed by atoms with van der Waals surface area (Å²) in [5.74, 6) is 0.662. The van der Waals surface area contributed by atoms with E-state index < -0.39 is 6.10 Å². The van der Waals surface area contributed by atoms with Gasteiger partial charge in [-0.05, 0) is 75.2 Å². The van der Waals surface area contributed by atoms with Crippen LogP contribution in [0.1, 0.15) is 52.9 Å². The number of aliphatic hydroxyl groups excluding tert-OH is 1. The minimum atomic E-state index is -0.413. The number of aromatic nitrogens is 2. The number of rotatable bonds is 7. The molecule has 0 radical (unpaired) electrons. The zero-order valence-electron chi connectivity index (χ0n) is 23.0. The predicted octanol–water partition coefficient (Wildman–Crippen LogP) is 3.48. The number of aromatic hydroxyl groups is 1. The van der Waals surface area contributed by atoms with Gasteiger partial charge in [0.25, 0.3) is 5.91 Å². The number of hydrogen-bond donors (Lipinski definition) is 2. The van der Waals surface area contributed by atoms with E-state index in [0.29, 0.717) is 37.8 Å². The number of aliphatic hydroxyl groups is 1. The lowest BCUT2D eigenvalue weighted by atomic mass is 9.98. The van der Waals surface area contributed by atoms with E-state index in [9.17, 15) is 15.0 Å². The molecule has 3 aliphatic rings. The molecule has 1 amide bonds. The van der Waals surface area contributed by atoms with E-state index >= 15 is 0 Å². The Labute approximate surface area is 229 Å². The van der Waals surface area contributed by atoms with Crippen LogP contribution in [0.25, 0.3) is 10.8 Å². The van der Waals surface area contributed by atoms with Crippen LogP contribution in [-0.2, 0) is 13.1 Å². The smallest absolute Gasteiger partial charge is 0.318 e. The molecule has 1 unspecified atom stereocenters. The molecule has 2 aromatic carbocycles. The van der Waals surface area contributed by atoms with E-state index in [-0.39, 0.29) is 17.1 Å². The van der Waals surface area contributed by atoms with Crippen molar-refractivity contribution in [2.75, 3.05) is 45.2 Å². The largest absolute Gasteiger partial charge is 0.508 e. The third-order valence-electron chi connectivity index (χ3n) is 8.24. The summed E-state index contributed by atoms with van der Waals surface area (Å²) < 4.78 is 6.21. The Balaban J connectivity index is 1.32. The quantitative estimate of drug-likeness (QED) is 0.478. The Morgan fingerprint density at radius 3 is 2.77 bits per heavy atom. The van der Waals surface area contributed by atoms with Gasteiger partial charge in [-0.1, -0.05) is 18.2 Å². The van der Waals surface area contributed by atoms with Crippen molar-refractivity contribution >= 4 is 22.5 Å². The van der Waals surface area contributed by atoms with Crippen LogP contribution in [0.5, 0.6) is 11.8 Å². The fourth-order valence-electron chi connectivity index (χ4n) is 6.18. The molecule has 206 valence electrons. The summed E-state index contributed by atoms with van der Waals surface area (Å²) in [5.41, 5.74) is 3.29. The first kappa shape index (κ1) is 25.8. The maximum atomic E-state index is 13.9. The van der Waals surface area contributed by atoms with Gasteiger partial charge in [-0.2, -0.15) is 9.97 Å². The molecule has 1 saturated heterocycles. The highest BCUT2D eigenvalue weighted by molar-refractivity contribution is 6.09. The van der Waals surface area contributed by atoms with Gasteiger partial charge in [0.1, 0.15) is 11.6 Å². The molecule has 0 spiro atoms. The lowest BCUT2D eigenvalue weighted by Gasteiger charge is -2.32. The van der Waals surface area contributed by atoms with Gasteiger partial charge in [0.2, 0.25) is 0 Å². The number of nitrogens with zero attached hydrogens (tertiary/aromatic N) is 5. The molecule has 3 heterocycles. The van der Waals surface area contributed by atoms with Crippen molar-refractivity contribution < 1.29 is 19.7 Å². The minimum absolute atomic E-state index is 0.0679. The number of carbonyl (C=O) groups excluding carboxylic acids is 1. The third kappa shape index (κ3) is 5.13. The lowest BCUT2D eigenvalue weighted by molar-refractivity contribution is 0.0751. The molecule has 9 nitrogen and oxygen atoms in total. The molecule has 3 aromatic rings. The molecule has 2 fully saturated rings. The van der Waals surface area contributed by atoms with Gasteiger partial charge in [-0.25, -0.2) is 0 Å². The van der Waals surface area contributed by atoms with Crippen molar-refractivity contribution in [1.29, 1.82) is 0 Å². The molecule has 6 rings (SSSR count). The lowest BCUT2D eigenvalue weighted by Crippen LogP contribution is -2.39. The first-order valence-electron chi connectivity index (χ1n) is 13.8. The van der Waals surface area contributed by atoms with Crippen LogP contribution in [0.3, 0.4) is 0 Å². The number of β-amino-alcohol motifs (C(OH)–C–C–N with tert-alkyl or cyclic N) is 1. The van der Waals surface area contributed by atoms with Crippen molar-refractivity contribution in [2.24, 2.45) is 5.41 Å². The van der Waals surface area contributed by atoms with Gasteiger partial charge in [0.05, 0.1) is 37.1 Å². The molecule has 0 bridgehead atoms. The fraction of sp³-hybridized carbons (Fsp3) is 0.500. The second-order valence-corrected chi connectivity index (χ2v) is 11.9. The molecule has 1 saturated carbocycles. The molecule has 9 heteroatoms. The van der Waals surface area contributed by atoms with Gasteiger partial charge >= 0.3 is 6.01 Å². The van der Waals surface area contributed by atoms with Gasteiger partial charge in [-0.3, -0.25) is 4.79 Å². The van der Waals surface area contributed by atoms with Crippen LogP contribution in [0.15, 0.2) is 30.3 Å². The van der Waals surface area contributed by atoms with Crippen LogP contribution in [-0.4, -0.2) is 82.3 Å². The van der Waals surface area contributed by atoms with Crippen molar-refractivity contribution in [3.8, 4) is 11.8 Å². The summed E-state index contributed by atoms with van der Waals surface area (Å²) in [6, 6.07) is 9.40. The van der Waals surface area contributed by atoms with E-state index in [4.69, 9.17) is 14.7 Å². The molecule has 39 heavy (non-hydrogen) atoms. The predicted molar refractivity (Wildman–Crippen MR) is 149 cm³/mol. The average Bonchev–Trinajstić information content (AvgIpc) is 3.51. The van der Waals surface area contributed by atoms with Crippen LogP contribution in [0.2, 0.25) is 0 Å². The highest BCUT2D eigenvalue weighted by Gasteiger charge is 2.44. The van der Waals surface area contributed by atoms with Crippen molar-refractivity contribution in [1.82, 2.24) is 19.8 Å². The number of benzene rings is 2. The topological polar surface area (TPSA) is 102 Å². The molecule has 1 aliphatic carbocycles. The summed E-state index contributed by atoms with van der Waals surface area (Å²) >= 11 is 0. The van der Waals surface area contributed by atoms with Gasteiger partial charge < -0.3 is 29.6 Å². The number of amides is 1. The van der Waals surface area contributed by atoms with Crippen molar-refractivity contribution in [3.63, 3.8) is 0 Å². The van der Waals surface area contributed by atoms with Gasteiger partial charge in [0.15, 0.2) is 0 Å². The summed E-state index contributed by atoms with van der Waals surface area (Å²) in [4.78, 5) is 29.6. The Morgan fingerprint density at radius 1 is 1.21 bits per heavy atom. The molecular weight excluding hydrogens is 494 g/mol. The Kier molecular flexibility index (Phi) is 6.59. The monoisotopic (exact) mass is 531 g/mol. The zero-order chi connectivity index (χ0) is 27.3. The second kappa shape index (κ2) is 9.95. The Morgan fingerprint density at radius 2 is 2.03 bits per heavy atom. The third-order valence-corrected chi connectivity index (χ3v) is 8.24. The number of hydrogen-bond acceptors (Lipinski definition) is 8. The number of fused-ring (bicyclic) bond motifs is 2. The fourth-order valence-corrected chi connectivity index (χ4v) is 6.18. The minimum Gasteiger partial charge on any atom is -0.508 e. The molecule has 1 aromatic heterocycles. The first-order chi connectivity index (χ1) is 18.7. The summed E-state index contributed by atoms with van der Waals surface area (Å²) in [6.07, 6.45) is 3.49. The van der Waals surface area contributed by atoms with Crippen molar-refractivity contribution in [3.05, 3.63) is 52.7 Å². The molecule has 2 N–H and O–H groups in total. The summed E-state index contributed by atoms with van der Waals surface area (Å²) in [5, 5.41) is 22.5. The van der Waals surface area contributed by atoms with E-state index in [1.807, 2.05) is 25.1 Å². The van der Waals surface area contributed by atoms with Gasteiger partial charge in [-0.15, -0.1) is 0 Å². The normalized spacial score (nSPS) is 20.0. The van der Waals surface area contributed by atoms with Crippen LogP contribution >= 0.6 is 0 Å². The number of piperidine rings is 1. The zero-order valence-corrected chi connectivity index (χ0v) is 23.0. The Hall–Kier alpha value is -3.43. The molecular formula is C30H37N5O4. The van der Waals surface area contributed by atoms with Crippen molar-refractivity contribution in [2.45, 2.75) is 51.8 Å². The van der Waals surface area contributed by atoms with E-state index in [2.05, 4.69) is 23.9 Å². The number of phenols is 1. The summed E-state index contributed by atoms with van der Waals surface area (Å²) in [7, 11) is 4.16. The second-order valence-electron chi connectivity index (χ2n) is 11.9. The highest BCUT2D eigenvalue weighted by atomic mass is 16.5. The van der Waals surface area contributed by atoms with Gasteiger partial charge in [0, 0.05) is 30.6 Å². The van der Waals surface area contributed by atoms with E-state index in [1.165, 1.54) is 0 Å². The Bertz CT molecular complexity index is 1420. The van der Waals surface area contributed by atoms with Crippen LogP contribution < -0.4 is 9.64 Å². The van der Waals surface area contributed by atoms with E-state index in [0.717, 1.165) is 72.2 Å². The van der Waals surface area contributed by atoms with E-state index in [1.54, 1.807) is 17.0 Å². The maximum Gasteiger partial charge on any atom is 0.318 e. The number of anilines is 1. The molecule has 2 aliphatic heterocycles. The van der Waals surface area contributed by atoms with Crippen LogP contribution in [0, 0.1) is 12.3 Å². The number of ether oxygens (including phenoxy) is 1. The highest BCUT2D eigenvalue weighted by Crippen LogP contribution is 2.46. The first-order valence-corrected chi connectivity index (χ1v) is 13.8. The SMILES string of the molecule is Cc1cccc2cc(O)cc(C(=O)N3Cc4nc(OCC5(CN(C)C)CC5)nc(N5CCCC(O)C5)c4C3)c12.